The summed E-state index contributed by atoms with van der Waals surface area (Å²) in [6.45, 7) is 0.342. The first-order valence-corrected chi connectivity index (χ1v) is 5.64. The topological polar surface area (TPSA) is 61.3 Å². The molecule has 0 spiro atoms. The molecule has 4 heteroatoms. The fourth-order valence-corrected chi connectivity index (χ4v) is 1.87. The SMILES string of the molecule is Nc1cc(COc2cccc3ccccc23)no1. The molecule has 0 atom stereocenters. The van der Waals surface area contributed by atoms with Crippen molar-refractivity contribution >= 4 is 16.7 Å². The molecule has 18 heavy (non-hydrogen) atoms. The highest BCUT2D eigenvalue weighted by Crippen LogP contribution is 2.25. The molecule has 0 saturated carbocycles. The van der Waals surface area contributed by atoms with Crippen LogP contribution in [0.4, 0.5) is 5.88 Å². The van der Waals surface area contributed by atoms with Crippen LogP contribution in [0, 0.1) is 0 Å². The molecule has 0 bridgehead atoms. The number of hydrogen-bond acceptors (Lipinski definition) is 4. The second-order valence-corrected chi connectivity index (χ2v) is 3.99. The third kappa shape index (κ3) is 2.00. The van der Waals surface area contributed by atoms with Crippen molar-refractivity contribution in [1.29, 1.82) is 0 Å². The van der Waals surface area contributed by atoms with E-state index in [1.807, 2.05) is 30.3 Å². The molecule has 3 rings (SSSR count). The number of aromatic nitrogens is 1. The van der Waals surface area contributed by atoms with Crippen LogP contribution in [-0.2, 0) is 6.61 Å². The molecule has 1 aromatic heterocycles. The fraction of sp³-hybridized carbons (Fsp3) is 0.0714. The van der Waals surface area contributed by atoms with Crippen LogP contribution in [0.3, 0.4) is 0 Å². The van der Waals surface area contributed by atoms with Gasteiger partial charge in [0.05, 0.1) is 0 Å². The number of ether oxygens (including phenoxy) is 1. The standard InChI is InChI=1S/C14H12N2O2/c15-14-8-11(16-18-14)9-17-13-7-3-5-10-4-1-2-6-12(10)13/h1-8H,9,15H2. The molecule has 0 amide bonds. The monoisotopic (exact) mass is 240 g/mol. The van der Waals surface area contributed by atoms with Gasteiger partial charge in [0.2, 0.25) is 5.88 Å². The van der Waals surface area contributed by atoms with Crippen LogP contribution in [0.1, 0.15) is 5.69 Å². The number of anilines is 1. The maximum absolute atomic E-state index is 5.74. The Labute approximate surface area is 104 Å². The first-order chi connectivity index (χ1) is 8.83. The summed E-state index contributed by atoms with van der Waals surface area (Å²) in [7, 11) is 0. The molecule has 0 fully saturated rings. The highest BCUT2D eigenvalue weighted by atomic mass is 16.5. The molecule has 4 nitrogen and oxygen atoms in total. The van der Waals surface area contributed by atoms with Crippen molar-refractivity contribution in [1.82, 2.24) is 5.16 Å². The number of nitrogen functional groups attached to an aromatic ring is 1. The summed E-state index contributed by atoms with van der Waals surface area (Å²) in [5.74, 6) is 1.13. The number of fused-ring (bicyclic) bond motifs is 1. The highest BCUT2D eigenvalue weighted by Gasteiger charge is 2.04. The number of hydrogen-bond donors (Lipinski definition) is 1. The Morgan fingerprint density at radius 1 is 1.11 bits per heavy atom. The molecular formula is C14H12N2O2. The van der Waals surface area contributed by atoms with Gasteiger partial charge < -0.3 is 15.0 Å². The summed E-state index contributed by atoms with van der Waals surface area (Å²) in [6, 6.07) is 15.7. The average Bonchev–Trinajstić information content (AvgIpc) is 2.82. The fourth-order valence-electron chi connectivity index (χ4n) is 1.87. The van der Waals surface area contributed by atoms with Gasteiger partial charge >= 0.3 is 0 Å². The Kier molecular flexibility index (Phi) is 2.61. The van der Waals surface area contributed by atoms with Gasteiger partial charge in [-0.1, -0.05) is 41.6 Å². The Balaban J connectivity index is 1.86. The normalized spacial score (nSPS) is 10.7. The van der Waals surface area contributed by atoms with E-state index in [0.717, 1.165) is 16.5 Å². The van der Waals surface area contributed by atoms with Crippen molar-refractivity contribution in [2.75, 3.05) is 5.73 Å². The lowest BCUT2D eigenvalue weighted by atomic mass is 10.1. The van der Waals surface area contributed by atoms with Gasteiger partial charge in [-0.3, -0.25) is 0 Å². The van der Waals surface area contributed by atoms with Crippen molar-refractivity contribution in [3.05, 3.63) is 54.2 Å². The summed E-state index contributed by atoms with van der Waals surface area (Å²) >= 11 is 0. The van der Waals surface area contributed by atoms with Gasteiger partial charge in [-0.25, -0.2) is 0 Å². The van der Waals surface area contributed by atoms with E-state index in [4.69, 9.17) is 15.0 Å². The third-order valence-electron chi connectivity index (χ3n) is 2.70. The number of nitrogens with two attached hydrogens (primary N) is 1. The molecule has 0 aliphatic heterocycles. The van der Waals surface area contributed by atoms with Crippen molar-refractivity contribution in [2.45, 2.75) is 6.61 Å². The number of benzene rings is 2. The molecule has 0 aliphatic carbocycles. The van der Waals surface area contributed by atoms with E-state index in [1.165, 1.54) is 0 Å². The highest BCUT2D eigenvalue weighted by molar-refractivity contribution is 5.88. The zero-order valence-electron chi connectivity index (χ0n) is 9.67. The second kappa shape index (κ2) is 4.41. The lowest BCUT2D eigenvalue weighted by molar-refractivity contribution is 0.293. The average molecular weight is 240 g/mol. The number of nitrogens with zero attached hydrogens (tertiary/aromatic N) is 1. The van der Waals surface area contributed by atoms with Gasteiger partial charge in [-0.05, 0) is 11.5 Å². The van der Waals surface area contributed by atoms with Crippen LogP contribution in [0.5, 0.6) is 5.75 Å². The second-order valence-electron chi connectivity index (χ2n) is 3.99. The summed E-state index contributed by atoms with van der Waals surface area (Å²) in [5.41, 5.74) is 6.13. The van der Waals surface area contributed by atoms with E-state index in [-0.39, 0.29) is 0 Å². The summed E-state index contributed by atoms with van der Waals surface area (Å²) in [5, 5.41) is 6.01. The summed E-state index contributed by atoms with van der Waals surface area (Å²) in [4.78, 5) is 0. The molecule has 1 heterocycles. The molecule has 0 saturated heterocycles. The molecule has 0 unspecified atom stereocenters. The summed E-state index contributed by atoms with van der Waals surface area (Å²) in [6.07, 6.45) is 0. The molecule has 2 aromatic carbocycles. The van der Waals surface area contributed by atoms with Crippen molar-refractivity contribution in [3.63, 3.8) is 0 Å². The maximum atomic E-state index is 5.74. The van der Waals surface area contributed by atoms with Crippen LogP contribution >= 0.6 is 0 Å². The lowest BCUT2D eigenvalue weighted by Gasteiger charge is -2.07. The number of rotatable bonds is 3. The minimum absolute atomic E-state index is 0.298. The smallest absolute Gasteiger partial charge is 0.222 e. The van der Waals surface area contributed by atoms with E-state index in [9.17, 15) is 0 Å². The van der Waals surface area contributed by atoms with Gasteiger partial charge in [-0.2, -0.15) is 0 Å². The third-order valence-corrected chi connectivity index (χ3v) is 2.70. The Hall–Kier alpha value is -2.49. The first kappa shape index (κ1) is 10.7. The first-order valence-electron chi connectivity index (χ1n) is 5.64. The van der Waals surface area contributed by atoms with Gasteiger partial charge in [0.25, 0.3) is 0 Å². The van der Waals surface area contributed by atoms with Crippen molar-refractivity contribution in [3.8, 4) is 5.75 Å². The van der Waals surface area contributed by atoms with Crippen molar-refractivity contribution < 1.29 is 9.26 Å². The van der Waals surface area contributed by atoms with Crippen LogP contribution in [0.25, 0.3) is 10.8 Å². The van der Waals surface area contributed by atoms with Gasteiger partial charge in [-0.15, -0.1) is 0 Å². The zero-order valence-corrected chi connectivity index (χ0v) is 9.67. The Bertz CT molecular complexity index is 671. The van der Waals surface area contributed by atoms with E-state index < -0.39 is 0 Å². The van der Waals surface area contributed by atoms with E-state index in [0.29, 0.717) is 18.2 Å². The molecular weight excluding hydrogens is 228 g/mol. The van der Waals surface area contributed by atoms with Gasteiger partial charge in [0.15, 0.2) is 0 Å². The lowest BCUT2D eigenvalue weighted by Crippen LogP contribution is -1.96. The predicted octanol–water partition coefficient (Wildman–Crippen LogP) is 2.99. The van der Waals surface area contributed by atoms with Gasteiger partial charge in [0.1, 0.15) is 18.1 Å². The predicted molar refractivity (Wildman–Crippen MR) is 69.2 cm³/mol. The van der Waals surface area contributed by atoms with Crippen LogP contribution in [0.15, 0.2) is 53.1 Å². The van der Waals surface area contributed by atoms with Crippen LogP contribution in [-0.4, -0.2) is 5.16 Å². The van der Waals surface area contributed by atoms with Crippen LogP contribution in [0.2, 0.25) is 0 Å². The summed E-state index contributed by atoms with van der Waals surface area (Å²) < 4.78 is 10.5. The largest absolute Gasteiger partial charge is 0.487 e. The molecule has 3 aromatic rings. The van der Waals surface area contributed by atoms with E-state index in [1.54, 1.807) is 6.07 Å². The molecule has 90 valence electrons. The minimum Gasteiger partial charge on any atom is -0.487 e. The molecule has 2 N–H and O–H groups in total. The Morgan fingerprint density at radius 2 is 1.94 bits per heavy atom. The quantitative estimate of drug-likeness (QED) is 0.764. The van der Waals surface area contributed by atoms with E-state index >= 15 is 0 Å². The Morgan fingerprint density at radius 3 is 2.78 bits per heavy atom. The van der Waals surface area contributed by atoms with Gasteiger partial charge in [0, 0.05) is 11.5 Å². The molecule has 0 radical (unpaired) electrons. The molecule has 0 aliphatic rings. The van der Waals surface area contributed by atoms with Crippen molar-refractivity contribution in [2.24, 2.45) is 0 Å². The minimum atomic E-state index is 0.298. The maximum Gasteiger partial charge on any atom is 0.222 e. The zero-order chi connectivity index (χ0) is 12.4. The van der Waals surface area contributed by atoms with E-state index in [2.05, 4.69) is 17.3 Å². The van der Waals surface area contributed by atoms with Crippen LogP contribution < -0.4 is 10.5 Å².